The number of H-pyrrole nitrogens is 1. The van der Waals surface area contributed by atoms with E-state index in [-0.39, 0.29) is 5.03 Å². The predicted octanol–water partition coefficient (Wildman–Crippen LogP) is -0.107. The van der Waals surface area contributed by atoms with Crippen LogP contribution < -0.4 is 10.0 Å². The lowest BCUT2D eigenvalue weighted by atomic mass is 10.4. The van der Waals surface area contributed by atoms with Gasteiger partial charge in [0.15, 0.2) is 5.03 Å². The maximum Gasteiger partial charge on any atom is 0.257 e. The van der Waals surface area contributed by atoms with Gasteiger partial charge in [0.2, 0.25) is 0 Å². The largest absolute Gasteiger partial charge is 0.316 e. The van der Waals surface area contributed by atoms with Crippen LogP contribution in [0.5, 0.6) is 0 Å². The Kier molecular flexibility index (Phi) is 5.53. The number of sulfonamides is 1. The van der Waals surface area contributed by atoms with Crippen LogP contribution >= 0.6 is 0 Å². The first-order valence-corrected chi connectivity index (χ1v) is 8.50. The molecule has 1 aliphatic rings. The van der Waals surface area contributed by atoms with Crippen LogP contribution in [0.15, 0.2) is 11.2 Å². The van der Waals surface area contributed by atoms with Gasteiger partial charge in [-0.1, -0.05) is 0 Å². The van der Waals surface area contributed by atoms with Crippen molar-refractivity contribution >= 4 is 10.0 Å². The summed E-state index contributed by atoms with van der Waals surface area (Å²) >= 11 is 0. The molecule has 20 heavy (non-hydrogen) atoms. The molecule has 8 heteroatoms. The fourth-order valence-corrected chi connectivity index (χ4v) is 3.64. The van der Waals surface area contributed by atoms with Gasteiger partial charge in [0.1, 0.15) is 0 Å². The molecule has 1 aliphatic heterocycles. The summed E-state index contributed by atoms with van der Waals surface area (Å²) in [6.45, 7) is 4.16. The lowest BCUT2D eigenvalue weighted by Gasteiger charge is -2.14. The monoisotopic (exact) mass is 301 g/mol. The minimum absolute atomic E-state index is 0.160. The number of hydrogen-bond acceptors (Lipinski definition) is 5. The molecule has 0 aliphatic carbocycles. The van der Waals surface area contributed by atoms with Crippen molar-refractivity contribution in [3.8, 4) is 0 Å². The van der Waals surface area contributed by atoms with E-state index in [1.165, 1.54) is 19.0 Å². The van der Waals surface area contributed by atoms with Crippen LogP contribution in [0.1, 0.15) is 24.8 Å². The predicted molar refractivity (Wildman–Crippen MR) is 76.8 cm³/mol. The normalized spacial score (nSPS) is 16.9. The van der Waals surface area contributed by atoms with Crippen molar-refractivity contribution in [3.63, 3.8) is 0 Å². The van der Waals surface area contributed by atoms with Gasteiger partial charge in [-0.25, -0.2) is 13.1 Å². The molecule has 7 nitrogen and oxygen atoms in total. The lowest BCUT2D eigenvalue weighted by Crippen LogP contribution is -2.29. The van der Waals surface area contributed by atoms with Crippen LogP contribution in [-0.2, 0) is 16.6 Å². The molecule has 3 N–H and O–H groups in total. The summed E-state index contributed by atoms with van der Waals surface area (Å²) in [6, 6.07) is 0. The molecule has 2 rings (SSSR count). The van der Waals surface area contributed by atoms with Gasteiger partial charge in [-0.05, 0) is 45.9 Å². The third-order valence-corrected chi connectivity index (χ3v) is 4.93. The van der Waals surface area contributed by atoms with Crippen LogP contribution in [0.3, 0.4) is 0 Å². The standard InChI is InChI=1S/C12H23N5O2S/c1-13-9-11-10-14-16-12(11)20(18,19)15-5-4-8-17-6-2-3-7-17/h10,13,15H,2-9H2,1H3,(H,14,16). The van der Waals surface area contributed by atoms with E-state index in [2.05, 4.69) is 25.1 Å². The topological polar surface area (TPSA) is 90.1 Å². The molecular weight excluding hydrogens is 278 g/mol. The molecule has 0 bridgehead atoms. The summed E-state index contributed by atoms with van der Waals surface area (Å²) in [6.07, 6.45) is 4.88. The van der Waals surface area contributed by atoms with E-state index in [0.29, 0.717) is 18.7 Å². The Labute approximate surface area is 120 Å². The van der Waals surface area contributed by atoms with Gasteiger partial charge in [-0.2, -0.15) is 5.10 Å². The van der Waals surface area contributed by atoms with Crippen molar-refractivity contribution in [1.29, 1.82) is 0 Å². The summed E-state index contributed by atoms with van der Waals surface area (Å²) in [7, 11) is -1.72. The third kappa shape index (κ3) is 4.02. The molecule has 0 spiro atoms. The molecule has 0 aromatic carbocycles. The molecular formula is C12H23N5O2S. The summed E-state index contributed by atoms with van der Waals surface area (Å²) in [4.78, 5) is 2.37. The number of hydrogen-bond donors (Lipinski definition) is 3. The van der Waals surface area contributed by atoms with Crippen LogP contribution in [0, 0.1) is 0 Å². The third-order valence-electron chi connectivity index (χ3n) is 3.46. The summed E-state index contributed by atoms with van der Waals surface area (Å²) in [5, 5.41) is 9.46. The van der Waals surface area contributed by atoms with Crippen molar-refractivity contribution in [2.45, 2.75) is 30.8 Å². The zero-order chi connectivity index (χ0) is 14.4. The van der Waals surface area contributed by atoms with Crippen molar-refractivity contribution in [1.82, 2.24) is 25.1 Å². The minimum atomic E-state index is -3.49. The van der Waals surface area contributed by atoms with Gasteiger partial charge >= 0.3 is 0 Å². The number of aromatic nitrogens is 2. The Morgan fingerprint density at radius 3 is 2.85 bits per heavy atom. The van der Waals surface area contributed by atoms with Crippen LogP contribution in [0.4, 0.5) is 0 Å². The van der Waals surface area contributed by atoms with Gasteiger partial charge in [-0.3, -0.25) is 5.10 Å². The quantitative estimate of drug-likeness (QED) is 0.583. The molecule has 0 atom stereocenters. The molecule has 114 valence electrons. The first-order valence-electron chi connectivity index (χ1n) is 7.02. The second-order valence-electron chi connectivity index (χ2n) is 5.05. The van der Waals surface area contributed by atoms with E-state index in [1.807, 2.05) is 0 Å². The SMILES string of the molecule is CNCc1cn[nH]c1S(=O)(=O)NCCCN1CCCC1. The highest BCUT2D eigenvalue weighted by molar-refractivity contribution is 7.89. The molecule has 0 saturated carbocycles. The van der Waals surface area contributed by atoms with E-state index in [4.69, 9.17) is 0 Å². The summed E-state index contributed by atoms with van der Waals surface area (Å²) in [5.41, 5.74) is 0.652. The number of nitrogens with zero attached hydrogens (tertiary/aromatic N) is 2. The Bertz CT molecular complexity index is 508. The zero-order valence-corrected chi connectivity index (χ0v) is 12.7. The van der Waals surface area contributed by atoms with Crippen LogP contribution in [-0.4, -0.2) is 56.7 Å². The molecule has 2 heterocycles. The van der Waals surface area contributed by atoms with Gasteiger partial charge in [0, 0.05) is 18.7 Å². The molecule has 1 aromatic rings. The Hall–Kier alpha value is -0.960. The van der Waals surface area contributed by atoms with Crippen molar-refractivity contribution < 1.29 is 8.42 Å². The van der Waals surface area contributed by atoms with E-state index < -0.39 is 10.0 Å². The van der Waals surface area contributed by atoms with Crippen molar-refractivity contribution in [3.05, 3.63) is 11.8 Å². The Morgan fingerprint density at radius 2 is 2.15 bits per heavy atom. The number of rotatable bonds is 8. The fourth-order valence-electron chi connectivity index (χ4n) is 2.44. The van der Waals surface area contributed by atoms with E-state index in [9.17, 15) is 8.42 Å². The van der Waals surface area contributed by atoms with Crippen LogP contribution in [0.2, 0.25) is 0 Å². The fraction of sp³-hybridized carbons (Fsp3) is 0.750. The van der Waals surface area contributed by atoms with E-state index in [0.717, 1.165) is 26.1 Å². The van der Waals surface area contributed by atoms with Crippen molar-refractivity contribution in [2.75, 3.05) is 33.2 Å². The molecule has 1 saturated heterocycles. The number of likely N-dealkylation sites (tertiary alicyclic amines) is 1. The smallest absolute Gasteiger partial charge is 0.257 e. The van der Waals surface area contributed by atoms with E-state index >= 15 is 0 Å². The highest BCUT2D eigenvalue weighted by Crippen LogP contribution is 2.11. The molecule has 1 fully saturated rings. The Morgan fingerprint density at radius 1 is 1.40 bits per heavy atom. The highest BCUT2D eigenvalue weighted by Gasteiger charge is 2.20. The highest BCUT2D eigenvalue weighted by atomic mass is 32.2. The minimum Gasteiger partial charge on any atom is -0.316 e. The van der Waals surface area contributed by atoms with E-state index in [1.54, 1.807) is 7.05 Å². The second kappa shape index (κ2) is 7.16. The van der Waals surface area contributed by atoms with Gasteiger partial charge in [-0.15, -0.1) is 0 Å². The molecule has 1 aromatic heterocycles. The first kappa shape index (κ1) is 15.4. The van der Waals surface area contributed by atoms with Crippen molar-refractivity contribution in [2.24, 2.45) is 0 Å². The maximum absolute atomic E-state index is 12.2. The maximum atomic E-state index is 12.2. The second-order valence-corrected chi connectivity index (χ2v) is 6.76. The van der Waals surface area contributed by atoms with Crippen LogP contribution in [0.25, 0.3) is 0 Å². The molecule has 0 amide bonds. The van der Waals surface area contributed by atoms with Gasteiger partial charge < -0.3 is 10.2 Å². The zero-order valence-electron chi connectivity index (χ0n) is 11.9. The first-order chi connectivity index (χ1) is 9.63. The lowest BCUT2D eigenvalue weighted by molar-refractivity contribution is 0.334. The number of nitrogens with one attached hydrogen (secondary N) is 3. The van der Waals surface area contributed by atoms with Gasteiger partial charge in [0.05, 0.1) is 6.20 Å². The Balaban J connectivity index is 1.82. The average Bonchev–Trinajstić information content (AvgIpc) is 3.06. The average molecular weight is 301 g/mol. The molecule has 0 unspecified atom stereocenters. The summed E-state index contributed by atoms with van der Waals surface area (Å²) < 4.78 is 27.0. The summed E-state index contributed by atoms with van der Waals surface area (Å²) in [5.74, 6) is 0. The number of aromatic amines is 1. The van der Waals surface area contributed by atoms with Gasteiger partial charge in [0.25, 0.3) is 10.0 Å². The molecule has 0 radical (unpaired) electrons.